The molecule has 0 aliphatic carbocycles. The monoisotopic (exact) mass is 431 g/mol. The molecule has 6 nitrogen and oxygen atoms in total. The molecule has 0 aromatic heterocycles. The average molecular weight is 431 g/mol. The number of nitriles is 1. The van der Waals surface area contributed by atoms with Gasteiger partial charge in [-0.2, -0.15) is 18.4 Å². The molecule has 29 heavy (non-hydrogen) atoms. The highest BCUT2D eigenvalue weighted by Gasteiger charge is 2.51. The smallest absolute Gasteiger partial charge is 0.384 e. The van der Waals surface area contributed by atoms with Crippen molar-refractivity contribution in [3.63, 3.8) is 0 Å². The van der Waals surface area contributed by atoms with Gasteiger partial charge in [-0.25, -0.2) is 12.7 Å². The number of fused-ring (bicyclic) bond motifs is 1. The summed E-state index contributed by atoms with van der Waals surface area (Å²) in [6.45, 7) is 3.64. The van der Waals surface area contributed by atoms with Gasteiger partial charge in [0.25, 0.3) is 0 Å². The number of sulfonamides is 1. The van der Waals surface area contributed by atoms with Gasteiger partial charge < -0.3 is 9.64 Å². The highest BCUT2D eigenvalue weighted by atomic mass is 32.2. The summed E-state index contributed by atoms with van der Waals surface area (Å²) in [4.78, 5) is 1.85. The van der Waals surface area contributed by atoms with E-state index in [1.54, 1.807) is 20.1 Å². The van der Waals surface area contributed by atoms with Crippen LogP contribution in [-0.4, -0.2) is 58.4 Å². The number of benzene rings is 1. The van der Waals surface area contributed by atoms with E-state index in [-0.39, 0.29) is 17.1 Å². The molecule has 0 amide bonds. The Morgan fingerprint density at radius 2 is 2.07 bits per heavy atom. The van der Waals surface area contributed by atoms with Crippen LogP contribution in [0.15, 0.2) is 18.2 Å². The number of rotatable bonds is 5. The summed E-state index contributed by atoms with van der Waals surface area (Å²) in [5.74, 6) is -0.0341. The summed E-state index contributed by atoms with van der Waals surface area (Å²) in [6, 6.07) is 5.32. The van der Waals surface area contributed by atoms with Gasteiger partial charge in [-0.1, -0.05) is 0 Å². The van der Waals surface area contributed by atoms with E-state index in [1.165, 1.54) is 16.4 Å². The Bertz CT molecular complexity index is 914. The highest BCUT2D eigenvalue weighted by molar-refractivity contribution is 7.89. The molecule has 1 aromatic carbocycles. The van der Waals surface area contributed by atoms with Crippen molar-refractivity contribution < 1.29 is 26.3 Å². The van der Waals surface area contributed by atoms with Crippen LogP contribution in [0.4, 0.5) is 18.9 Å². The number of hydrogen-bond acceptors (Lipinski definition) is 5. The van der Waals surface area contributed by atoms with Crippen molar-refractivity contribution in [1.82, 2.24) is 4.31 Å². The van der Waals surface area contributed by atoms with Gasteiger partial charge in [-0.15, -0.1) is 0 Å². The molecule has 160 valence electrons. The lowest BCUT2D eigenvalue weighted by Gasteiger charge is -2.42. The number of anilines is 1. The second-order valence-electron chi connectivity index (χ2n) is 7.72. The zero-order valence-corrected chi connectivity index (χ0v) is 17.2. The molecule has 0 spiro atoms. The minimum atomic E-state index is -4.62. The van der Waals surface area contributed by atoms with Crippen molar-refractivity contribution in [1.29, 1.82) is 5.26 Å². The summed E-state index contributed by atoms with van der Waals surface area (Å²) in [5, 5.41) is 9.00. The fourth-order valence-corrected chi connectivity index (χ4v) is 5.61. The van der Waals surface area contributed by atoms with Crippen molar-refractivity contribution in [2.75, 3.05) is 50.5 Å². The van der Waals surface area contributed by atoms with Crippen LogP contribution >= 0.6 is 0 Å². The van der Waals surface area contributed by atoms with Crippen LogP contribution in [0.1, 0.15) is 24.5 Å². The predicted octanol–water partition coefficient (Wildman–Crippen LogP) is 2.70. The number of hydrogen-bond donors (Lipinski definition) is 0. The fraction of sp³-hybridized carbons (Fsp3) is 0.632. The van der Waals surface area contributed by atoms with Crippen LogP contribution in [0.3, 0.4) is 0 Å². The van der Waals surface area contributed by atoms with Crippen LogP contribution < -0.4 is 4.90 Å². The molecule has 2 saturated heterocycles. The number of methoxy groups -OCH3 is 1. The summed E-state index contributed by atoms with van der Waals surface area (Å²) in [5.41, 5.74) is -1.31. The number of piperidine rings is 1. The maximum atomic E-state index is 13.4. The molecule has 0 N–H and O–H groups in total. The van der Waals surface area contributed by atoms with Gasteiger partial charge >= 0.3 is 6.18 Å². The van der Waals surface area contributed by atoms with Crippen molar-refractivity contribution in [3.8, 4) is 6.07 Å². The molecular weight excluding hydrogens is 407 g/mol. The van der Waals surface area contributed by atoms with Crippen LogP contribution in [0.5, 0.6) is 0 Å². The Balaban J connectivity index is 1.92. The van der Waals surface area contributed by atoms with Gasteiger partial charge in [-0.05, 0) is 37.5 Å². The SMILES string of the molecule is CCS(=O)(=O)N1CC[C@@]2(COC)CN(c3ccc(C#N)c(C(F)(F)F)c3)C[C@H]2C1. The lowest BCUT2D eigenvalue weighted by atomic mass is 9.74. The minimum absolute atomic E-state index is 0.0191. The molecule has 2 heterocycles. The topological polar surface area (TPSA) is 73.6 Å². The first-order valence-corrected chi connectivity index (χ1v) is 11.0. The molecule has 0 unspecified atom stereocenters. The minimum Gasteiger partial charge on any atom is -0.384 e. The molecule has 0 saturated carbocycles. The van der Waals surface area contributed by atoms with E-state index in [0.717, 1.165) is 6.07 Å². The largest absolute Gasteiger partial charge is 0.417 e. The average Bonchev–Trinajstić information content (AvgIpc) is 3.05. The molecule has 10 heteroatoms. The number of halogens is 3. The third-order valence-electron chi connectivity index (χ3n) is 6.08. The van der Waals surface area contributed by atoms with E-state index in [4.69, 9.17) is 10.00 Å². The van der Waals surface area contributed by atoms with Gasteiger partial charge in [0.05, 0.1) is 29.6 Å². The maximum absolute atomic E-state index is 13.4. The standard InChI is InChI=1S/C19H24F3N3O3S/c1-3-29(26,27)25-7-6-18(13-28-2)12-24(10-15(18)11-25)16-5-4-14(9-23)17(8-16)19(20,21)22/h4-5,8,15H,3,6-7,10-13H2,1-2H3/t15-,18-/m0/s1. The van der Waals surface area contributed by atoms with Crippen LogP contribution in [0.2, 0.25) is 0 Å². The molecule has 2 atom stereocenters. The third-order valence-corrected chi connectivity index (χ3v) is 7.93. The molecule has 2 fully saturated rings. The quantitative estimate of drug-likeness (QED) is 0.717. The normalized spacial score (nSPS) is 25.7. The van der Waals surface area contributed by atoms with E-state index in [9.17, 15) is 21.6 Å². The third kappa shape index (κ3) is 4.09. The summed E-state index contributed by atoms with van der Waals surface area (Å²) < 4.78 is 71.6. The van der Waals surface area contributed by atoms with Gasteiger partial charge in [0.1, 0.15) is 0 Å². The van der Waals surface area contributed by atoms with Crippen LogP contribution in [0.25, 0.3) is 0 Å². The van der Waals surface area contributed by atoms with Gasteiger partial charge in [0.15, 0.2) is 0 Å². The Morgan fingerprint density at radius 1 is 1.34 bits per heavy atom. The fourth-order valence-electron chi connectivity index (χ4n) is 4.47. The Labute approximate surface area is 168 Å². The lowest BCUT2D eigenvalue weighted by molar-refractivity contribution is -0.137. The first-order chi connectivity index (χ1) is 13.6. The summed E-state index contributed by atoms with van der Waals surface area (Å²) >= 11 is 0. The van der Waals surface area contributed by atoms with E-state index in [1.807, 2.05) is 4.90 Å². The van der Waals surface area contributed by atoms with E-state index < -0.39 is 27.3 Å². The molecular formula is C19H24F3N3O3S. The van der Waals surface area contributed by atoms with Gasteiger partial charge in [-0.3, -0.25) is 0 Å². The first kappa shape index (κ1) is 21.9. The number of alkyl halides is 3. The number of nitrogens with zero attached hydrogens (tertiary/aromatic N) is 3. The Hall–Kier alpha value is -1.83. The molecule has 2 aliphatic heterocycles. The molecule has 0 bridgehead atoms. The van der Waals surface area contributed by atoms with Gasteiger partial charge in [0.2, 0.25) is 10.0 Å². The molecule has 0 radical (unpaired) electrons. The molecule has 3 rings (SSSR count). The van der Waals surface area contributed by atoms with Crippen molar-refractivity contribution in [2.45, 2.75) is 19.5 Å². The predicted molar refractivity (Wildman–Crippen MR) is 102 cm³/mol. The van der Waals surface area contributed by atoms with Crippen molar-refractivity contribution in [2.24, 2.45) is 11.3 Å². The second-order valence-corrected chi connectivity index (χ2v) is 9.98. The molecule has 2 aliphatic rings. The molecule has 1 aromatic rings. The summed E-state index contributed by atoms with van der Waals surface area (Å²) in [7, 11) is -1.75. The maximum Gasteiger partial charge on any atom is 0.417 e. The van der Waals surface area contributed by atoms with Crippen LogP contribution in [-0.2, 0) is 20.9 Å². The zero-order valence-electron chi connectivity index (χ0n) is 16.4. The van der Waals surface area contributed by atoms with Crippen LogP contribution in [0, 0.1) is 22.7 Å². The number of ether oxygens (including phenoxy) is 1. The van der Waals surface area contributed by atoms with E-state index >= 15 is 0 Å². The van der Waals surface area contributed by atoms with E-state index in [0.29, 0.717) is 44.9 Å². The zero-order chi connectivity index (χ0) is 21.4. The first-order valence-electron chi connectivity index (χ1n) is 9.39. The van der Waals surface area contributed by atoms with E-state index in [2.05, 4.69) is 0 Å². The second kappa shape index (κ2) is 7.78. The summed E-state index contributed by atoms with van der Waals surface area (Å²) in [6.07, 6.45) is -4.03. The Kier molecular flexibility index (Phi) is 5.87. The Morgan fingerprint density at radius 3 is 2.66 bits per heavy atom. The van der Waals surface area contributed by atoms with Crippen molar-refractivity contribution in [3.05, 3.63) is 29.3 Å². The lowest BCUT2D eigenvalue weighted by Crippen LogP contribution is -2.51. The highest BCUT2D eigenvalue weighted by Crippen LogP contribution is 2.46. The van der Waals surface area contributed by atoms with Crippen molar-refractivity contribution >= 4 is 15.7 Å². The van der Waals surface area contributed by atoms with Gasteiger partial charge in [0, 0.05) is 44.4 Å².